The summed E-state index contributed by atoms with van der Waals surface area (Å²) in [4.78, 5) is 11.7. The lowest BCUT2D eigenvalue weighted by Gasteiger charge is -2.14. The van der Waals surface area contributed by atoms with Gasteiger partial charge < -0.3 is 4.74 Å². The van der Waals surface area contributed by atoms with Crippen molar-refractivity contribution in [3.05, 3.63) is 35.4 Å². The first kappa shape index (κ1) is 11.0. The van der Waals surface area contributed by atoms with E-state index in [-0.39, 0.29) is 11.9 Å². The maximum Gasteiger partial charge on any atom is 0.316 e. The number of rotatable bonds is 2. The van der Waals surface area contributed by atoms with Gasteiger partial charge in [-0.25, -0.2) is 8.78 Å². The van der Waals surface area contributed by atoms with Crippen LogP contribution in [0.2, 0.25) is 0 Å². The summed E-state index contributed by atoms with van der Waals surface area (Å²) in [6, 6.07) is 3.56. The van der Waals surface area contributed by atoms with Gasteiger partial charge in [-0.3, -0.25) is 4.79 Å². The normalized spacial score (nSPS) is 27.6. The number of benzene rings is 1. The van der Waals surface area contributed by atoms with E-state index in [0.29, 0.717) is 12.0 Å². The van der Waals surface area contributed by atoms with E-state index in [4.69, 9.17) is 4.74 Å². The van der Waals surface area contributed by atoms with Gasteiger partial charge in [-0.1, -0.05) is 13.0 Å². The van der Waals surface area contributed by atoms with E-state index in [0.717, 1.165) is 12.1 Å². The monoisotopic (exact) mass is 226 g/mol. The van der Waals surface area contributed by atoms with Crippen molar-refractivity contribution in [1.29, 1.82) is 0 Å². The molecule has 1 aromatic rings. The molecule has 1 fully saturated rings. The molecule has 0 saturated heterocycles. The minimum Gasteiger partial charge on any atom is -0.468 e. The van der Waals surface area contributed by atoms with E-state index < -0.39 is 17.0 Å². The Morgan fingerprint density at radius 1 is 1.44 bits per heavy atom. The molecule has 0 amide bonds. The number of esters is 1. The largest absolute Gasteiger partial charge is 0.468 e. The zero-order valence-corrected chi connectivity index (χ0v) is 9.09. The van der Waals surface area contributed by atoms with Crippen LogP contribution in [0.5, 0.6) is 0 Å². The molecule has 0 aromatic heterocycles. The first-order valence-electron chi connectivity index (χ1n) is 5.06. The molecule has 0 N–H and O–H groups in total. The quantitative estimate of drug-likeness (QED) is 0.724. The van der Waals surface area contributed by atoms with Crippen LogP contribution in [0, 0.1) is 17.6 Å². The summed E-state index contributed by atoms with van der Waals surface area (Å²) in [7, 11) is 1.30. The number of hydrogen-bond donors (Lipinski definition) is 0. The van der Waals surface area contributed by atoms with Crippen LogP contribution in [-0.4, -0.2) is 13.1 Å². The molecule has 1 saturated carbocycles. The van der Waals surface area contributed by atoms with E-state index in [1.165, 1.54) is 13.2 Å². The molecule has 1 aliphatic carbocycles. The van der Waals surface area contributed by atoms with Gasteiger partial charge in [0, 0.05) is 0 Å². The molecule has 2 atom stereocenters. The van der Waals surface area contributed by atoms with Crippen molar-refractivity contribution in [2.24, 2.45) is 5.92 Å². The number of carbonyl (C=O) groups is 1. The summed E-state index contributed by atoms with van der Waals surface area (Å²) in [6.07, 6.45) is 0.616. The molecule has 16 heavy (non-hydrogen) atoms. The van der Waals surface area contributed by atoms with Crippen molar-refractivity contribution in [3.63, 3.8) is 0 Å². The van der Waals surface area contributed by atoms with E-state index in [2.05, 4.69) is 0 Å². The predicted molar refractivity (Wildman–Crippen MR) is 53.8 cm³/mol. The van der Waals surface area contributed by atoms with E-state index in [1.54, 1.807) is 0 Å². The van der Waals surface area contributed by atoms with Crippen molar-refractivity contribution in [1.82, 2.24) is 0 Å². The molecule has 2 rings (SSSR count). The zero-order valence-electron chi connectivity index (χ0n) is 9.09. The lowest BCUT2D eigenvalue weighted by Crippen LogP contribution is -2.24. The van der Waals surface area contributed by atoms with Crippen molar-refractivity contribution in [3.8, 4) is 0 Å². The van der Waals surface area contributed by atoms with Crippen LogP contribution in [0.4, 0.5) is 8.78 Å². The third-order valence-electron chi connectivity index (χ3n) is 3.29. The first-order chi connectivity index (χ1) is 7.52. The summed E-state index contributed by atoms with van der Waals surface area (Å²) in [6.45, 7) is 1.89. The fourth-order valence-electron chi connectivity index (χ4n) is 2.18. The van der Waals surface area contributed by atoms with Crippen molar-refractivity contribution in [2.45, 2.75) is 18.8 Å². The summed E-state index contributed by atoms with van der Waals surface area (Å²) >= 11 is 0. The Morgan fingerprint density at radius 3 is 2.50 bits per heavy atom. The smallest absolute Gasteiger partial charge is 0.316 e. The van der Waals surface area contributed by atoms with Crippen LogP contribution in [0.3, 0.4) is 0 Å². The van der Waals surface area contributed by atoms with Crippen molar-refractivity contribution in [2.75, 3.05) is 7.11 Å². The molecule has 0 spiro atoms. The van der Waals surface area contributed by atoms with E-state index >= 15 is 0 Å². The molecule has 2 unspecified atom stereocenters. The van der Waals surface area contributed by atoms with E-state index in [9.17, 15) is 13.6 Å². The van der Waals surface area contributed by atoms with Crippen LogP contribution in [0.15, 0.2) is 18.2 Å². The third-order valence-corrected chi connectivity index (χ3v) is 3.29. The second-order valence-electron chi connectivity index (χ2n) is 4.20. The molecule has 0 radical (unpaired) electrons. The lowest BCUT2D eigenvalue weighted by atomic mass is 9.93. The molecule has 4 heteroatoms. The number of methoxy groups -OCH3 is 1. The molecule has 0 bridgehead atoms. The summed E-state index contributed by atoms with van der Waals surface area (Å²) in [5, 5.41) is 0. The topological polar surface area (TPSA) is 26.3 Å². The van der Waals surface area contributed by atoms with Crippen LogP contribution in [-0.2, 0) is 14.9 Å². The maximum atomic E-state index is 13.1. The first-order valence-corrected chi connectivity index (χ1v) is 5.06. The maximum absolute atomic E-state index is 13.1. The molecule has 0 aliphatic heterocycles. The Labute approximate surface area is 92.2 Å². The van der Waals surface area contributed by atoms with Gasteiger partial charge in [-0.2, -0.15) is 0 Å². The molecule has 86 valence electrons. The average molecular weight is 226 g/mol. The predicted octanol–water partition coefficient (Wildman–Crippen LogP) is 2.42. The fraction of sp³-hybridized carbons (Fsp3) is 0.417. The summed E-state index contributed by atoms with van der Waals surface area (Å²) in [5.41, 5.74) is -0.283. The summed E-state index contributed by atoms with van der Waals surface area (Å²) < 4.78 is 30.6. The van der Waals surface area contributed by atoms with Gasteiger partial charge in [0.05, 0.1) is 12.5 Å². The van der Waals surface area contributed by atoms with E-state index in [1.807, 2.05) is 6.92 Å². The fourth-order valence-corrected chi connectivity index (χ4v) is 2.18. The SMILES string of the molecule is COC(=O)C1(c2ccc(F)c(F)c2)CC1C. The van der Waals surface area contributed by atoms with Crippen LogP contribution in [0.1, 0.15) is 18.9 Å². The second-order valence-corrected chi connectivity index (χ2v) is 4.20. The Morgan fingerprint density at radius 2 is 2.06 bits per heavy atom. The minimum atomic E-state index is -0.931. The number of ether oxygens (including phenoxy) is 1. The van der Waals surface area contributed by atoms with Gasteiger partial charge >= 0.3 is 5.97 Å². The second kappa shape index (κ2) is 3.54. The number of halogens is 2. The summed E-state index contributed by atoms with van der Waals surface area (Å²) in [5.74, 6) is -2.12. The standard InChI is InChI=1S/C12H12F2O2/c1-7-6-12(7,11(15)16-2)8-3-4-9(13)10(14)5-8/h3-5,7H,6H2,1-2H3. The number of hydrogen-bond acceptors (Lipinski definition) is 2. The highest BCUT2D eigenvalue weighted by molar-refractivity contribution is 5.87. The molecular formula is C12H12F2O2. The van der Waals surface area contributed by atoms with Gasteiger partial charge in [0.1, 0.15) is 0 Å². The Bertz CT molecular complexity index is 445. The third kappa shape index (κ3) is 1.40. The minimum absolute atomic E-state index is 0.102. The van der Waals surface area contributed by atoms with Gasteiger partial charge in [-0.15, -0.1) is 0 Å². The highest BCUT2D eigenvalue weighted by Gasteiger charge is 2.59. The highest BCUT2D eigenvalue weighted by atomic mass is 19.2. The lowest BCUT2D eigenvalue weighted by molar-refractivity contribution is -0.144. The molecular weight excluding hydrogens is 214 g/mol. The molecule has 2 nitrogen and oxygen atoms in total. The molecule has 0 heterocycles. The van der Waals surface area contributed by atoms with Gasteiger partial charge in [0.2, 0.25) is 0 Å². The number of carbonyl (C=O) groups excluding carboxylic acids is 1. The Kier molecular flexibility index (Phi) is 2.45. The Balaban J connectivity index is 2.43. The van der Waals surface area contributed by atoms with Crippen LogP contribution < -0.4 is 0 Å². The Hall–Kier alpha value is -1.45. The van der Waals surface area contributed by atoms with Crippen molar-refractivity contribution < 1.29 is 18.3 Å². The zero-order chi connectivity index (χ0) is 11.9. The highest BCUT2D eigenvalue weighted by Crippen LogP contribution is 2.54. The van der Waals surface area contributed by atoms with Crippen LogP contribution in [0.25, 0.3) is 0 Å². The van der Waals surface area contributed by atoms with Gasteiger partial charge in [-0.05, 0) is 30.0 Å². The van der Waals surface area contributed by atoms with Gasteiger partial charge in [0.25, 0.3) is 0 Å². The molecule has 1 aliphatic rings. The van der Waals surface area contributed by atoms with Gasteiger partial charge in [0.15, 0.2) is 11.6 Å². The average Bonchev–Trinajstić information content (AvgIpc) is 2.94. The molecule has 1 aromatic carbocycles. The van der Waals surface area contributed by atoms with Crippen molar-refractivity contribution >= 4 is 5.97 Å². The van der Waals surface area contributed by atoms with Crippen LogP contribution >= 0.6 is 0 Å².